The van der Waals surface area contributed by atoms with Crippen molar-refractivity contribution in [1.82, 2.24) is 5.32 Å². The summed E-state index contributed by atoms with van der Waals surface area (Å²) in [5.41, 5.74) is 1.75. The van der Waals surface area contributed by atoms with E-state index in [1.807, 2.05) is 43.3 Å². The number of carbonyl (C=O) groups excluding carboxylic acids is 1. The molecule has 1 rings (SSSR count). The van der Waals surface area contributed by atoms with E-state index in [9.17, 15) is 4.79 Å². The van der Waals surface area contributed by atoms with Gasteiger partial charge in [-0.05, 0) is 30.7 Å². The fraction of sp³-hybridized carbons (Fsp3) is 0.357. The lowest BCUT2D eigenvalue weighted by Gasteiger charge is -2.12. The van der Waals surface area contributed by atoms with Crippen LogP contribution in [0, 0.1) is 0 Å². The number of carbonyl (C=O) groups is 1. The SMILES string of the molecule is C=COCCCNC(=O)c1ccc(N(C)C)cc1. The normalized spacial score (nSPS) is 9.67. The van der Waals surface area contributed by atoms with Crippen molar-refractivity contribution in [2.45, 2.75) is 6.42 Å². The molecule has 1 amide bonds. The van der Waals surface area contributed by atoms with Crippen LogP contribution in [0.4, 0.5) is 5.69 Å². The van der Waals surface area contributed by atoms with E-state index >= 15 is 0 Å². The van der Waals surface area contributed by atoms with Gasteiger partial charge in [-0.2, -0.15) is 0 Å². The van der Waals surface area contributed by atoms with Crippen molar-refractivity contribution in [3.05, 3.63) is 42.7 Å². The number of ether oxygens (including phenoxy) is 1. The van der Waals surface area contributed by atoms with Crippen LogP contribution < -0.4 is 10.2 Å². The first kappa shape index (κ1) is 14.1. The maximum atomic E-state index is 11.8. The lowest BCUT2D eigenvalue weighted by atomic mass is 10.2. The van der Waals surface area contributed by atoms with Crippen molar-refractivity contribution in [2.75, 3.05) is 32.1 Å². The number of amides is 1. The van der Waals surface area contributed by atoms with Crippen LogP contribution >= 0.6 is 0 Å². The minimum absolute atomic E-state index is 0.0566. The quantitative estimate of drug-likeness (QED) is 0.593. The molecular weight excluding hydrogens is 228 g/mol. The van der Waals surface area contributed by atoms with Crippen molar-refractivity contribution >= 4 is 11.6 Å². The number of nitrogens with one attached hydrogen (secondary N) is 1. The van der Waals surface area contributed by atoms with Gasteiger partial charge in [0.15, 0.2) is 0 Å². The van der Waals surface area contributed by atoms with E-state index in [1.54, 1.807) is 0 Å². The van der Waals surface area contributed by atoms with Crippen molar-refractivity contribution < 1.29 is 9.53 Å². The number of hydrogen-bond acceptors (Lipinski definition) is 3. The molecule has 0 aliphatic heterocycles. The molecule has 0 aliphatic rings. The molecule has 0 heterocycles. The van der Waals surface area contributed by atoms with E-state index < -0.39 is 0 Å². The Hall–Kier alpha value is -1.97. The summed E-state index contributed by atoms with van der Waals surface area (Å²) in [6, 6.07) is 7.50. The summed E-state index contributed by atoms with van der Waals surface area (Å²) in [5.74, 6) is -0.0566. The zero-order valence-electron chi connectivity index (χ0n) is 11.0. The van der Waals surface area contributed by atoms with E-state index in [1.165, 1.54) is 6.26 Å². The van der Waals surface area contributed by atoms with Gasteiger partial charge in [0.1, 0.15) is 0 Å². The molecule has 0 unspecified atom stereocenters. The van der Waals surface area contributed by atoms with Crippen LogP contribution in [-0.4, -0.2) is 33.2 Å². The Morgan fingerprint density at radius 1 is 1.39 bits per heavy atom. The highest BCUT2D eigenvalue weighted by Gasteiger charge is 2.04. The lowest BCUT2D eigenvalue weighted by Crippen LogP contribution is -2.25. The Balaban J connectivity index is 2.39. The van der Waals surface area contributed by atoms with Gasteiger partial charge >= 0.3 is 0 Å². The summed E-state index contributed by atoms with van der Waals surface area (Å²) in [7, 11) is 3.93. The molecule has 1 aromatic carbocycles. The van der Waals surface area contributed by atoms with Gasteiger partial charge < -0.3 is 15.0 Å². The molecule has 0 saturated heterocycles. The largest absolute Gasteiger partial charge is 0.502 e. The average Bonchev–Trinajstić information content (AvgIpc) is 2.38. The van der Waals surface area contributed by atoms with Gasteiger partial charge in [-0.15, -0.1) is 0 Å². The Kier molecular flexibility index (Phi) is 5.77. The second-order valence-corrected chi connectivity index (χ2v) is 4.09. The lowest BCUT2D eigenvalue weighted by molar-refractivity contribution is 0.0950. The predicted octanol–water partition coefficient (Wildman–Crippen LogP) is 2.03. The fourth-order valence-electron chi connectivity index (χ4n) is 1.45. The summed E-state index contributed by atoms with van der Waals surface area (Å²) in [4.78, 5) is 13.8. The molecule has 0 atom stereocenters. The van der Waals surface area contributed by atoms with Crippen molar-refractivity contribution in [3.63, 3.8) is 0 Å². The highest BCUT2D eigenvalue weighted by molar-refractivity contribution is 5.94. The van der Waals surface area contributed by atoms with Crippen LogP contribution in [-0.2, 0) is 4.74 Å². The number of nitrogens with zero attached hydrogens (tertiary/aromatic N) is 1. The van der Waals surface area contributed by atoms with E-state index in [4.69, 9.17) is 4.74 Å². The summed E-state index contributed by atoms with van der Waals surface area (Å²) >= 11 is 0. The number of rotatable bonds is 7. The maximum Gasteiger partial charge on any atom is 0.251 e. The molecule has 0 aromatic heterocycles. The Bertz CT molecular complexity index is 385. The Labute approximate surface area is 108 Å². The molecule has 1 aromatic rings. The third-order valence-electron chi connectivity index (χ3n) is 2.49. The molecule has 0 spiro atoms. The first-order valence-corrected chi connectivity index (χ1v) is 5.93. The van der Waals surface area contributed by atoms with Crippen LogP contribution in [0.25, 0.3) is 0 Å². The molecule has 4 heteroatoms. The minimum Gasteiger partial charge on any atom is -0.502 e. The van der Waals surface area contributed by atoms with Crippen molar-refractivity contribution in [2.24, 2.45) is 0 Å². The molecule has 0 radical (unpaired) electrons. The van der Waals surface area contributed by atoms with Gasteiger partial charge in [0, 0.05) is 31.9 Å². The Morgan fingerprint density at radius 2 is 2.06 bits per heavy atom. The van der Waals surface area contributed by atoms with E-state index in [2.05, 4.69) is 11.9 Å². The van der Waals surface area contributed by atoms with Gasteiger partial charge in [0.2, 0.25) is 0 Å². The first-order chi connectivity index (χ1) is 8.65. The minimum atomic E-state index is -0.0566. The second kappa shape index (κ2) is 7.37. The van der Waals surface area contributed by atoms with Crippen LogP contribution in [0.15, 0.2) is 37.1 Å². The monoisotopic (exact) mass is 248 g/mol. The van der Waals surface area contributed by atoms with Gasteiger partial charge in [0.25, 0.3) is 5.91 Å². The fourth-order valence-corrected chi connectivity index (χ4v) is 1.45. The molecule has 1 N–H and O–H groups in total. The van der Waals surface area contributed by atoms with E-state index in [0.29, 0.717) is 18.7 Å². The zero-order chi connectivity index (χ0) is 13.4. The van der Waals surface area contributed by atoms with Gasteiger partial charge in [0.05, 0.1) is 12.9 Å². The highest BCUT2D eigenvalue weighted by Crippen LogP contribution is 2.11. The molecule has 0 fully saturated rings. The first-order valence-electron chi connectivity index (χ1n) is 5.93. The number of benzene rings is 1. The van der Waals surface area contributed by atoms with Crippen molar-refractivity contribution in [3.8, 4) is 0 Å². The van der Waals surface area contributed by atoms with Crippen LogP contribution in [0.3, 0.4) is 0 Å². The molecule has 98 valence electrons. The molecule has 4 nitrogen and oxygen atoms in total. The third kappa shape index (κ3) is 4.49. The average molecular weight is 248 g/mol. The molecule has 0 saturated carbocycles. The van der Waals surface area contributed by atoms with Crippen LogP contribution in [0.1, 0.15) is 16.8 Å². The molecule has 18 heavy (non-hydrogen) atoms. The summed E-state index contributed by atoms with van der Waals surface area (Å²) in [6.45, 7) is 4.62. The molecule has 0 bridgehead atoms. The second-order valence-electron chi connectivity index (χ2n) is 4.09. The zero-order valence-corrected chi connectivity index (χ0v) is 11.0. The maximum absolute atomic E-state index is 11.8. The summed E-state index contributed by atoms with van der Waals surface area (Å²) < 4.78 is 4.97. The summed E-state index contributed by atoms with van der Waals surface area (Å²) in [5, 5.41) is 2.84. The smallest absolute Gasteiger partial charge is 0.251 e. The third-order valence-corrected chi connectivity index (χ3v) is 2.49. The number of hydrogen-bond donors (Lipinski definition) is 1. The number of anilines is 1. The van der Waals surface area contributed by atoms with E-state index in [-0.39, 0.29) is 5.91 Å². The summed E-state index contributed by atoms with van der Waals surface area (Å²) in [6.07, 6.45) is 2.18. The van der Waals surface area contributed by atoms with Crippen molar-refractivity contribution in [1.29, 1.82) is 0 Å². The topological polar surface area (TPSA) is 41.6 Å². The standard InChI is InChI=1S/C14H20N2O2/c1-4-18-11-5-10-15-14(17)12-6-8-13(9-7-12)16(2)3/h4,6-9H,1,5,10-11H2,2-3H3,(H,15,17). The Morgan fingerprint density at radius 3 is 2.61 bits per heavy atom. The predicted molar refractivity (Wildman–Crippen MR) is 73.9 cm³/mol. The van der Waals surface area contributed by atoms with Gasteiger partial charge in [-0.25, -0.2) is 0 Å². The van der Waals surface area contributed by atoms with Gasteiger partial charge in [-0.1, -0.05) is 6.58 Å². The molecular formula is C14H20N2O2. The van der Waals surface area contributed by atoms with Crippen LogP contribution in [0.2, 0.25) is 0 Å². The van der Waals surface area contributed by atoms with E-state index in [0.717, 1.165) is 12.1 Å². The highest BCUT2D eigenvalue weighted by atomic mass is 16.5. The van der Waals surface area contributed by atoms with Crippen LogP contribution in [0.5, 0.6) is 0 Å². The molecule has 0 aliphatic carbocycles. The van der Waals surface area contributed by atoms with Gasteiger partial charge in [-0.3, -0.25) is 4.79 Å².